The van der Waals surface area contributed by atoms with Crippen molar-refractivity contribution < 1.29 is 19.1 Å². The summed E-state index contributed by atoms with van der Waals surface area (Å²) in [6.07, 6.45) is 1.93. The average Bonchev–Trinajstić information content (AvgIpc) is 2.47. The van der Waals surface area contributed by atoms with Crippen LogP contribution in [0.2, 0.25) is 0 Å². The molecule has 1 rings (SSSR count). The number of ether oxygens (including phenoxy) is 2. The van der Waals surface area contributed by atoms with E-state index in [0.717, 1.165) is 6.42 Å². The molecule has 0 bridgehead atoms. The molecular formula is C8H12O4. The van der Waals surface area contributed by atoms with Crippen molar-refractivity contribution in [3.05, 3.63) is 0 Å². The van der Waals surface area contributed by atoms with E-state index in [1.54, 1.807) is 0 Å². The molecule has 0 aromatic heterocycles. The third-order valence-corrected chi connectivity index (χ3v) is 1.91. The van der Waals surface area contributed by atoms with Gasteiger partial charge in [0, 0.05) is 13.5 Å². The van der Waals surface area contributed by atoms with Crippen LogP contribution in [0.15, 0.2) is 0 Å². The van der Waals surface area contributed by atoms with Gasteiger partial charge in [0.25, 0.3) is 0 Å². The van der Waals surface area contributed by atoms with Gasteiger partial charge in [0.2, 0.25) is 0 Å². The highest BCUT2D eigenvalue weighted by Gasteiger charge is 2.32. The minimum Gasteiger partial charge on any atom is -0.438 e. The molecule has 0 saturated heterocycles. The van der Waals surface area contributed by atoms with Crippen LogP contribution < -0.4 is 0 Å². The molecule has 4 nitrogen and oxygen atoms in total. The predicted molar refractivity (Wildman–Crippen MR) is 40.3 cm³/mol. The van der Waals surface area contributed by atoms with Crippen molar-refractivity contribution in [3.8, 4) is 0 Å². The Morgan fingerprint density at radius 2 is 2.42 bits per heavy atom. The molecule has 0 aliphatic heterocycles. The van der Waals surface area contributed by atoms with E-state index >= 15 is 0 Å². The lowest BCUT2D eigenvalue weighted by atomic mass is 10.1. The number of Topliss-reactive ketones (excluding diaryl/α,β-unsaturated/α-hetero) is 1. The molecule has 1 fully saturated rings. The number of hydrogen-bond donors (Lipinski definition) is 0. The molecule has 0 amide bonds. The van der Waals surface area contributed by atoms with Crippen LogP contribution in [0.3, 0.4) is 0 Å². The van der Waals surface area contributed by atoms with Gasteiger partial charge in [0.05, 0.1) is 0 Å². The Labute approximate surface area is 70.8 Å². The van der Waals surface area contributed by atoms with Gasteiger partial charge in [-0.25, -0.2) is 0 Å². The number of carbonyl (C=O) groups excluding carboxylic acids is 2. The first-order valence-corrected chi connectivity index (χ1v) is 3.94. The van der Waals surface area contributed by atoms with Crippen molar-refractivity contribution in [2.75, 3.05) is 13.9 Å². The van der Waals surface area contributed by atoms with Crippen LogP contribution in [0.5, 0.6) is 0 Å². The lowest BCUT2D eigenvalue weighted by molar-refractivity contribution is -0.160. The van der Waals surface area contributed by atoms with Crippen LogP contribution in [0.4, 0.5) is 0 Å². The van der Waals surface area contributed by atoms with E-state index in [-0.39, 0.29) is 12.6 Å². The maximum absolute atomic E-state index is 11.1. The zero-order chi connectivity index (χ0) is 8.97. The second-order valence-electron chi connectivity index (χ2n) is 2.78. The fourth-order valence-corrected chi connectivity index (χ4v) is 1.28. The van der Waals surface area contributed by atoms with Crippen molar-refractivity contribution in [3.63, 3.8) is 0 Å². The molecule has 4 heteroatoms. The molecule has 0 N–H and O–H groups in total. The van der Waals surface area contributed by atoms with Gasteiger partial charge < -0.3 is 9.47 Å². The van der Waals surface area contributed by atoms with Crippen LogP contribution in [-0.4, -0.2) is 25.7 Å². The highest BCUT2D eigenvalue weighted by atomic mass is 16.7. The zero-order valence-electron chi connectivity index (χ0n) is 7.04. The van der Waals surface area contributed by atoms with E-state index < -0.39 is 11.9 Å². The first-order chi connectivity index (χ1) is 5.75. The second-order valence-corrected chi connectivity index (χ2v) is 2.78. The normalized spacial score (nSPS) is 22.8. The number of ketones is 1. The van der Waals surface area contributed by atoms with Crippen LogP contribution in [-0.2, 0) is 19.1 Å². The third kappa shape index (κ3) is 2.04. The molecule has 68 valence electrons. The van der Waals surface area contributed by atoms with Gasteiger partial charge in [0.15, 0.2) is 6.79 Å². The third-order valence-electron chi connectivity index (χ3n) is 1.91. The summed E-state index contributed by atoms with van der Waals surface area (Å²) in [5, 5.41) is 0. The Morgan fingerprint density at radius 3 is 2.92 bits per heavy atom. The van der Waals surface area contributed by atoms with Gasteiger partial charge in [-0.2, -0.15) is 0 Å². The van der Waals surface area contributed by atoms with Gasteiger partial charge in [0.1, 0.15) is 11.7 Å². The second kappa shape index (κ2) is 4.21. The highest BCUT2D eigenvalue weighted by Crippen LogP contribution is 2.22. The Kier molecular flexibility index (Phi) is 3.22. The zero-order valence-corrected chi connectivity index (χ0v) is 7.04. The molecule has 0 radical (unpaired) electrons. The number of methoxy groups -OCH3 is 1. The number of rotatable bonds is 3. The maximum Gasteiger partial charge on any atom is 0.318 e. The SMILES string of the molecule is COCOC(=O)C1CCCC1=O. The molecule has 1 atom stereocenters. The van der Waals surface area contributed by atoms with Crippen LogP contribution in [0.1, 0.15) is 19.3 Å². The van der Waals surface area contributed by atoms with E-state index in [1.807, 2.05) is 0 Å². The molecule has 1 aliphatic carbocycles. The van der Waals surface area contributed by atoms with E-state index in [9.17, 15) is 9.59 Å². The van der Waals surface area contributed by atoms with E-state index in [1.165, 1.54) is 7.11 Å². The topological polar surface area (TPSA) is 52.6 Å². The van der Waals surface area contributed by atoms with Crippen LogP contribution >= 0.6 is 0 Å². The summed E-state index contributed by atoms with van der Waals surface area (Å²) < 4.78 is 9.22. The fourth-order valence-electron chi connectivity index (χ4n) is 1.28. The standard InChI is InChI=1S/C8H12O4/c1-11-5-12-8(10)6-3-2-4-7(6)9/h6H,2-5H2,1H3. The largest absolute Gasteiger partial charge is 0.438 e. The molecule has 0 spiro atoms. The highest BCUT2D eigenvalue weighted by molar-refractivity contribution is 6.00. The van der Waals surface area contributed by atoms with Crippen molar-refractivity contribution in [1.29, 1.82) is 0 Å². The van der Waals surface area contributed by atoms with E-state index in [4.69, 9.17) is 0 Å². The quantitative estimate of drug-likeness (QED) is 0.353. The molecule has 1 aliphatic rings. The fraction of sp³-hybridized carbons (Fsp3) is 0.750. The molecule has 0 aromatic carbocycles. The Balaban J connectivity index is 2.36. The Morgan fingerprint density at radius 1 is 1.67 bits per heavy atom. The smallest absolute Gasteiger partial charge is 0.318 e. The van der Waals surface area contributed by atoms with Gasteiger partial charge in [-0.05, 0) is 12.8 Å². The summed E-state index contributed by atoms with van der Waals surface area (Å²) in [7, 11) is 1.43. The molecular weight excluding hydrogens is 160 g/mol. The van der Waals surface area contributed by atoms with Crippen LogP contribution in [0, 0.1) is 5.92 Å². The average molecular weight is 172 g/mol. The summed E-state index contributed by atoms with van der Waals surface area (Å²) in [5.41, 5.74) is 0. The number of hydrogen-bond acceptors (Lipinski definition) is 4. The monoisotopic (exact) mass is 172 g/mol. The van der Waals surface area contributed by atoms with Crippen LogP contribution in [0.25, 0.3) is 0 Å². The number of carbonyl (C=O) groups is 2. The maximum atomic E-state index is 11.1. The van der Waals surface area contributed by atoms with Crippen molar-refractivity contribution >= 4 is 11.8 Å². The summed E-state index contributed by atoms with van der Waals surface area (Å²) in [4.78, 5) is 22.1. The minimum atomic E-state index is -0.528. The molecule has 12 heavy (non-hydrogen) atoms. The lowest BCUT2D eigenvalue weighted by Crippen LogP contribution is -2.22. The molecule has 1 saturated carbocycles. The summed E-state index contributed by atoms with van der Waals surface area (Å²) in [6, 6.07) is 0. The summed E-state index contributed by atoms with van der Waals surface area (Å²) >= 11 is 0. The Hall–Kier alpha value is -0.900. The van der Waals surface area contributed by atoms with Crippen molar-refractivity contribution in [2.45, 2.75) is 19.3 Å². The van der Waals surface area contributed by atoms with Crippen molar-refractivity contribution in [1.82, 2.24) is 0 Å². The first kappa shape index (κ1) is 9.19. The predicted octanol–water partition coefficient (Wildman–Crippen LogP) is 0.503. The molecule has 0 aromatic rings. The van der Waals surface area contributed by atoms with E-state index in [0.29, 0.717) is 12.8 Å². The van der Waals surface area contributed by atoms with Gasteiger partial charge >= 0.3 is 5.97 Å². The summed E-state index contributed by atoms with van der Waals surface area (Å²) in [5.74, 6) is -0.976. The van der Waals surface area contributed by atoms with E-state index in [2.05, 4.69) is 9.47 Å². The number of esters is 1. The van der Waals surface area contributed by atoms with Crippen molar-refractivity contribution in [2.24, 2.45) is 5.92 Å². The van der Waals surface area contributed by atoms with Gasteiger partial charge in [-0.15, -0.1) is 0 Å². The molecule has 0 heterocycles. The Bertz CT molecular complexity index is 187. The first-order valence-electron chi connectivity index (χ1n) is 3.94. The minimum absolute atomic E-state index is 0.00361. The van der Waals surface area contributed by atoms with Gasteiger partial charge in [-0.3, -0.25) is 9.59 Å². The summed E-state index contributed by atoms with van der Waals surface area (Å²) in [6.45, 7) is -0.0669. The lowest BCUT2D eigenvalue weighted by Gasteiger charge is -2.06. The van der Waals surface area contributed by atoms with Gasteiger partial charge in [-0.1, -0.05) is 0 Å². The molecule has 1 unspecified atom stereocenters.